The maximum atomic E-state index is 13.4. The molecule has 2 atom stereocenters. The van der Waals surface area contributed by atoms with E-state index >= 15 is 0 Å². The molecule has 2 aliphatic heterocycles. The Morgan fingerprint density at radius 2 is 1.90 bits per heavy atom. The van der Waals surface area contributed by atoms with Crippen molar-refractivity contribution in [2.24, 2.45) is 5.92 Å². The summed E-state index contributed by atoms with van der Waals surface area (Å²) < 4.78 is 16.2. The Labute approximate surface area is 176 Å². The van der Waals surface area contributed by atoms with Gasteiger partial charge < -0.3 is 24.0 Å². The van der Waals surface area contributed by atoms with Gasteiger partial charge >= 0.3 is 0 Å². The molecular formula is C21H30N2O5S. The van der Waals surface area contributed by atoms with Crippen LogP contribution in [0.25, 0.3) is 0 Å². The molecule has 7 nitrogen and oxygen atoms in total. The maximum Gasteiger partial charge on any atom is 0.245 e. The molecule has 0 N–H and O–H groups in total. The highest BCUT2D eigenvalue weighted by molar-refractivity contribution is 8.00. The Kier molecular flexibility index (Phi) is 7.29. The molecule has 3 rings (SSSR count). The van der Waals surface area contributed by atoms with Crippen LogP contribution in [0.2, 0.25) is 0 Å². The number of amides is 2. The predicted octanol–water partition coefficient (Wildman–Crippen LogP) is 2.55. The zero-order valence-electron chi connectivity index (χ0n) is 17.6. The summed E-state index contributed by atoms with van der Waals surface area (Å²) in [5, 5.41) is -0.226. The van der Waals surface area contributed by atoms with Gasteiger partial charge in [-0.3, -0.25) is 9.59 Å². The molecule has 0 unspecified atom stereocenters. The van der Waals surface area contributed by atoms with E-state index in [-0.39, 0.29) is 23.1 Å². The van der Waals surface area contributed by atoms with Gasteiger partial charge in [0.2, 0.25) is 11.8 Å². The first-order valence-electron chi connectivity index (χ1n) is 9.97. The fraction of sp³-hybridized carbons (Fsp3) is 0.619. The van der Waals surface area contributed by atoms with Crippen LogP contribution < -0.4 is 9.47 Å². The number of nitrogens with zero attached hydrogens (tertiary/aromatic N) is 2. The highest BCUT2D eigenvalue weighted by atomic mass is 32.2. The molecule has 2 heterocycles. The fourth-order valence-corrected chi connectivity index (χ4v) is 5.02. The van der Waals surface area contributed by atoms with Gasteiger partial charge in [-0.25, -0.2) is 0 Å². The summed E-state index contributed by atoms with van der Waals surface area (Å²) in [5.41, 5.74) is 0.932. The van der Waals surface area contributed by atoms with Crippen molar-refractivity contribution in [3.63, 3.8) is 0 Å². The standard InChI is InChI=1S/C21H30N2O5S/c1-14(2)11-16(20(25)22-7-9-28-10-8-22)23-19(24)13-29-21(23)15-5-6-17(26-3)18(12-15)27-4/h5-6,12,14,16,21H,7-11,13H2,1-4H3/t16-,21-/m1/s1. The average Bonchev–Trinajstić information content (AvgIpc) is 3.12. The van der Waals surface area contributed by atoms with Gasteiger partial charge in [0.25, 0.3) is 0 Å². The normalized spacial score (nSPS) is 20.9. The minimum atomic E-state index is -0.478. The molecular weight excluding hydrogens is 392 g/mol. The van der Waals surface area contributed by atoms with Crippen LogP contribution in [0.1, 0.15) is 31.2 Å². The molecule has 0 saturated carbocycles. The van der Waals surface area contributed by atoms with E-state index < -0.39 is 6.04 Å². The molecule has 0 radical (unpaired) electrons. The molecule has 2 fully saturated rings. The van der Waals surface area contributed by atoms with Crippen molar-refractivity contribution in [2.75, 3.05) is 46.3 Å². The number of ether oxygens (including phenoxy) is 3. The zero-order valence-corrected chi connectivity index (χ0v) is 18.4. The van der Waals surface area contributed by atoms with Crippen molar-refractivity contribution in [3.8, 4) is 11.5 Å². The SMILES string of the molecule is COc1ccc([C@H]2SCC(=O)N2[C@H](CC(C)C)C(=O)N2CCOCC2)cc1OC. The van der Waals surface area contributed by atoms with Gasteiger partial charge in [0.05, 0.1) is 33.2 Å². The second-order valence-electron chi connectivity index (χ2n) is 7.66. The molecule has 2 aliphatic rings. The van der Waals surface area contributed by atoms with E-state index in [9.17, 15) is 9.59 Å². The van der Waals surface area contributed by atoms with Crippen LogP contribution >= 0.6 is 11.8 Å². The van der Waals surface area contributed by atoms with E-state index in [0.29, 0.717) is 50.0 Å². The minimum absolute atomic E-state index is 0.00189. The van der Waals surface area contributed by atoms with Crippen LogP contribution in [0.3, 0.4) is 0 Å². The molecule has 2 saturated heterocycles. The van der Waals surface area contributed by atoms with E-state index in [4.69, 9.17) is 14.2 Å². The number of methoxy groups -OCH3 is 2. The third kappa shape index (κ3) is 4.80. The molecule has 29 heavy (non-hydrogen) atoms. The number of carbonyl (C=O) groups is 2. The van der Waals surface area contributed by atoms with Gasteiger partial charge in [0.1, 0.15) is 11.4 Å². The topological polar surface area (TPSA) is 68.3 Å². The second kappa shape index (κ2) is 9.71. The molecule has 0 aliphatic carbocycles. The van der Waals surface area contributed by atoms with Gasteiger partial charge in [-0.05, 0) is 30.0 Å². The van der Waals surface area contributed by atoms with Crippen LogP contribution in [-0.2, 0) is 14.3 Å². The first kappa shape index (κ1) is 21.8. The summed E-state index contributed by atoms with van der Waals surface area (Å²) in [6, 6.07) is 5.20. The van der Waals surface area contributed by atoms with Crippen molar-refractivity contribution in [1.82, 2.24) is 9.80 Å². The highest BCUT2D eigenvalue weighted by Gasteiger charge is 2.42. The number of morpholine rings is 1. The van der Waals surface area contributed by atoms with Gasteiger partial charge in [-0.15, -0.1) is 11.8 Å². The third-order valence-corrected chi connectivity index (χ3v) is 6.46. The van der Waals surface area contributed by atoms with Crippen molar-refractivity contribution < 1.29 is 23.8 Å². The maximum absolute atomic E-state index is 13.4. The van der Waals surface area contributed by atoms with Crippen LogP contribution in [-0.4, -0.2) is 73.9 Å². The molecule has 2 amide bonds. The summed E-state index contributed by atoms with van der Waals surface area (Å²) in [5.74, 6) is 1.93. The molecule has 8 heteroatoms. The number of hydrogen-bond acceptors (Lipinski definition) is 6. The number of thioether (sulfide) groups is 1. The molecule has 1 aromatic carbocycles. The van der Waals surface area contributed by atoms with Crippen molar-refractivity contribution in [1.29, 1.82) is 0 Å². The van der Waals surface area contributed by atoms with Crippen molar-refractivity contribution in [3.05, 3.63) is 23.8 Å². The Morgan fingerprint density at radius 1 is 1.21 bits per heavy atom. The lowest BCUT2D eigenvalue weighted by atomic mass is 9.99. The largest absolute Gasteiger partial charge is 0.493 e. The summed E-state index contributed by atoms with van der Waals surface area (Å²) in [4.78, 5) is 29.9. The average molecular weight is 423 g/mol. The van der Waals surface area contributed by atoms with Crippen LogP contribution in [0, 0.1) is 5.92 Å². The Hall–Kier alpha value is -1.93. The molecule has 1 aromatic rings. The summed E-state index contributed by atoms with van der Waals surface area (Å²) in [6.45, 7) is 6.40. The lowest BCUT2D eigenvalue weighted by molar-refractivity contribution is -0.148. The first-order chi connectivity index (χ1) is 14.0. The summed E-state index contributed by atoms with van der Waals surface area (Å²) in [7, 11) is 3.19. The van der Waals surface area contributed by atoms with E-state index in [2.05, 4.69) is 13.8 Å². The quantitative estimate of drug-likeness (QED) is 0.673. The molecule has 0 bridgehead atoms. The Balaban J connectivity index is 1.92. The fourth-order valence-electron chi connectivity index (χ4n) is 3.81. The van der Waals surface area contributed by atoms with Gasteiger partial charge in [0, 0.05) is 13.1 Å². The van der Waals surface area contributed by atoms with E-state index in [0.717, 1.165) is 5.56 Å². The number of rotatable bonds is 7. The third-order valence-electron chi connectivity index (χ3n) is 5.24. The van der Waals surface area contributed by atoms with Crippen LogP contribution in [0.5, 0.6) is 11.5 Å². The summed E-state index contributed by atoms with van der Waals surface area (Å²) >= 11 is 1.55. The number of benzene rings is 1. The smallest absolute Gasteiger partial charge is 0.245 e. The Morgan fingerprint density at radius 3 is 2.52 bits per heavy atom. The number of hydrogen-bond donors (Lipinski definition) is 0. The van der Waals surface area contributed by atoms with Crippen molar-refractivity contribution >= 4 is 23.6 Å². The van der Waals surface area contributed by atoms with Gasteiger partial charge in [-0.2, -0.15) is 0 Å². The minimum Gasteiger partial charge on any atom is -0.493 e. The monoisotopic (exact) mass is 422 g/mol. The first-order valence-corrected chi connectivity index (χ1v) is 11.0. The van der Waals surface area contributed by atoms with E-state index in [1.165, 1.54) is 0 Å². The summed E-state index contributed by atoms with van der Waals surface area (Å²) in [6.07, 6.45) is 0.631. The molecule has 160 valence electrons. The van der Waals surface area contributed by atoms with Gasteiger partial charge in [-0.1, -0.05) is 19.9 Å². The van der Waals surface area contributed by atoms with Crippen molar-refractivity contribution in [2.45, 2.75) is 31.7 Å². The van der Waals surface area contributed by atoms with E-state index in [1.54, 1.807) is 30.9 Å². The zero-order chi connectivity index (χ0) is 21.0. The van der Waals surface area contributed by atoms with Gasteiger partial charge in [0.15, 0.2) is 11.5 Å². The van der Waals surface area contributed by atoms with Crippen LogP contribution in [0.4, 0.5) is 0 Å². The van der Waals surface area contributed by atoms with Crippen LogP contribution in [0.15, 0.2) is 18.2 Å². The molecule has 0 spiro atoms. The highest BCUT2D eigenvalue weighted by Crippen LogP contribution is 2.43. The Bertz CT molecular complexity index is 736. The van der Waals surface area contributed by atoms with E-state index in [1.807, 2.05) is 23.1 Å². The molecule has 0 aromatic heterocycles. The second-order valence-corrected chi connectivity index (χ2v) is 8.73. The lowest BCUT2D eigenvalue weighted by Crippen LogP contribution is -2.53. The number of carbonyl (C=O) groups excluding carboxylic acids is 2. The predicted molar refractivity (Wildman–Crippen MR) is 112 cm³/mol. The lowest BCUT2D eigenvalue weighted by Gasteiger charge is -2.37.